The molecule has 3 heterocycles. The van der Waals surface area contributed by atoms with Gasteiger partial charge in [-0.2, -0.15) is 0 Å². The first kappa shape index (κ1) is 18.3. The number of rotatable bonds is 6. The number of aromatic nitrogens is 3. The lowest BCUT2D eigenvalue weighted by atomic mass is 10.1. The number of likely N-dealkylation sites (tertiary alicyclic amines) is 1. The number of anilines is 4. The summed E-state index contributed by atoms with van der Waals surface area (Å²) in [6, 6.07) is 5.18. The lowest BCUT2D eigenvalue weighted by Gasteiger charge is -2.33. The third-order valence-corrected chi connectivity index (χ3v) is 4.34. The van der Waals surface area contributed by atoms with Gasteiger partial charge in [0.1, 0.15) is 17.8 Å². The molecule has 1 aliphatic heterocycles. The third-order valence-electron chi connectivity index (χ3n) is 4.34. The Labute approximate surface area is 156 Å². The van der Waals surface area contributed by atoms with Crippen molar-refractivity contribution < 1.29 is 9.59 Å². The SMILES string of the molecule is C=CC(=O)N1CCC[C@@H](Nc2ncnc(N)c2N(C=O)c2ccccn2)C1. The molecule has 9 heteroatoms. The molecule has 0 aromatic carbocycles. The Kier molecular flexibility index (Phi) is 5.60. The molecule has 2 amide bonds. The maximum absolute atomic E-state index is 11.9. The molecule has 0 radical (unpaired) electrons. The van der Waals surface area contributed by atoms with Crippen LogP contribution < -0.4 is 16.0 Å². The van der Waals surface area contributed by atoms with E-state index in [4.69, 9.17) is 5.73 Å². The molecule has 9 nitrogen and oxygen atoms in total. The lowest BCUT2D eigenvalue weighted by molar-refractivity contribution is -0.127. The second-order valence-electron chi connectivity index (χ2n) is 6.09. The highest BCUT2D eigenvalue weighted by atomic mass is 16.2. The van der Waals surface area contributed by atoms with Crippen molar-refractivity contribution in [2.45, 2.75) is 18.9 Å². The van der Waals surface area contributed by atoms with Gasteiger partial charge in [0.25, 0.3) is 0 Å². The van der Waals surface area contributed by atoms with Crippen molar-refractivity contribution in [3.63, 3.8) is 0 Å². The van der Waals surface area contributed by atoms with Crippen LogP contribution in [0.5, 0.6) is 0 Å². The zero-order valence-electron chi connectivity index (χ0n) is 14.8. The van der Waals surface area contributed by atoms with E-state index in [1.807, 2.05) is 0 Å². The molecule has 140 valence electrons. The molecular weight excluding hydrogens is 346 g/mol. The number of nitrogens with one attached hydrogen (secondary N) is 1. The van der Waals surface area contributed by atoms with Crippen LogP contribution in [0.4, 0.5) is 23.1 Å². The van der Waals surface area contributed by atoms with Crippen LogP contribution in [0.2, 0.25) is 0 Å². The highest BCUT2D eigenvalue weighted by Crippen LogP contribution is 2.33. The van der Waals surface area contributed by atoms with Crippen molar-refractivity contribution >= 4 is 35.5 Å². The van der Waals surface area contributed by atoms with E-state index in [0.717, 1.165) is 12.8 Å². The molecule has 0 unspecified atom stereocenters. The molecule has 1 saturated heterocycles. The number of hydrogen-bond donors (Lipinski definition) is 2. The van der Waals surface area contributed by atoms with Crippen LogP contribution in [-0.4, -0.2) is 51.3 Å². The second kappa shape index (κ2) is 8.26. The Morgan fingerprint density at radius 3 is 2.93 bits per heavy atom. The molecule has 0 bridgehead atoms. The normalized spacial score (nSPS) is 16.4. The van der Waals surface area contributed by atoms with E-state index < -0.39 is 0 Å². The molecule has 3 rings (SSSR count). The zero-order valence-corrected chi connectivity index (χ0v) is 14.8. The summed E-state index contributed by atoms with van der Waals surface area (Å²) in [5.41, 5.74) is 6.37. The average molecular weight is 367 g/mol. The minimum absolute atomic E-state index is 0.0343. The lowest BCUT2D eigenvalue weighted by Crippen LogP contribution is -2.44. The van der Waals surface area contributed by atoms with Gasteiger partial charge in [0, 0.05) is 25.3 Å². The number of piperidine rings is 1. The number of nitrogens with zero attached hydrogens (tertiary/aromatic N) is 5. The first-order chi connectivity index (χ1) is 13.1. The summed E-state index contributed by atoms with van der Waals surface area (Å²) in [5.74, 6) is 0.870. The molecule has 2 aromatic rings. The van der Waals surface area contributed by atoms with E-state index in [9.17, 15) is 9.59 Å². The predicted molar refractivity (Wildman–Crippen MR) is 102 cm³/mol. The summed E-state index contributed by atoms with van der Waals surface area (Å²) >= 11 is 0. The Bertz CT molecular complexity index is 828. The molecule has 0 spiro atoms. The Morgan fingerprint density at radius 2 is 2.22 bits per heavy atom. The fraction of sp³-hybridized carbons (Fsp3) is 0.278. The average Bonchev–Trinajstić information content (AvgIpc) is 2.71. The molecule has 0 aliphatic carbocycles. The van der Waals surface area contributed by atoms with Gasteiger partial charge in [-0.15, -0.1) is 0 Å². The van der Waals surface area contributed by atoms with Gasteiger partial charge in [-0.3, -0.25) is 14.5 Å². The monoisotopic (exact) mass is 367 g/mol. The Balaban J connectivity index is 1.88. The molecule has 1 fully saturated rings. The number of carbonyl (C=O) groups is 2. The van der Waals surface area contributed by atoms with E-state index in [0.29, 0.717) is 36.8 Å². The van der Waals surface area contributed by atoms with Crippen LogP contribution in [0.1, 0.15) is 12.8 Å². The van der Waals surface area contributed by atoms with Crippen LogP contribution in [0.25, 0.3) is 0 Å². The number of amides is 2. The summed E-state index contributed by atoms with van der Waals surface area (Å²) in [6.45, 7) is 4.74. The summed E-state index contributed by atoms with van der Waals surface area (Å²) in [7, 11) is 0. The van der Waals surface area contributed by atoms with Crippen LogP contribution in [0, 0.1) is 0 Å². The minimum atomic E-state index is -0.105. The standard InChI is InChI=1S/C18H21N7O2/c1-2-15(27)24-9-5-6-13(10-24)23-18-16(17(19)21-11-22-18)25(12-26)14-7-3-4-8-20-14/h2-4,7-8,11-13H,1,5-6,9-10H2,(H3,19,21,22,23)/t13-/m1/s1. The van der Waals surface area contributed by atoms with Gasteiger partial charge in [0.2, 0.25) is 12.3 Å². The minimum Gasteiger partial charge on any atom is -0.382 e. The van der Waals surface area contributed by atoms with Gasteiger partial charge in [0.15, 0.2) is 11.6 Å². The van der Waals surface area contributed by atoms with Crippen LogP contribution in [-0.2, 0) is 9.59 Å². The van der Waals surface area contributed by atoms with Crippen molar-refractivity contribution in [2.75, 3.05) is 29.0 Å². The van der Waals surface area contributed by atoms with Crippen LogP contribution >= 0.6 is 0 Å². The molecule has 0 saturated carbocycles. The number of carbonyl (C=O) groups excluding carboxylic acids is 2. The van der Waals surface area contributed by atoms with Gasteiger partial charge in [-0.1, -0.05) is 12.6 Å². The van der Waals surface area contributed by atoms with Gasteiger partial charge in [-0.05, 0) is 31.1 Å². The van der Waals surface area contributed by atoms with E-state index in [1.165, 1.54) is 17.3 Å². The van der Waals surface area contributed by atoms with E-state index in [2.05, 4.69) is 26.8 Å². The molecule has 2 aromatic heterocycles. The van der Waals surface area contributed by atoms with Crippen LogP contribution in [0.15, 0.2) is 43.4 Å². The molecule has 3 N–H and O–H groups in total. The quantitative estimate of drug-likeness (QED) is 0.584. The first-order valence-electron chi connectivity index (χ1n) is 8.58. The second-order valence-corrected chi connectivity index (χ2v) is 6.09. The molecular formula is C18H21N7O2. The summed E-state index contributed by atoms with van der Waals surface area (Å²) in [5, 5.41) is 3.30. The smallest absolute Gasteiger partial charge is 0.246 e. The summed E-state index contributed by atoms with van der Waals surface area (Å²) in [6.07, 6.45) is 6.55. The predicted octanol–water partition coefficient (Wildman–Crippen LogP) is 1.34. The topological polar surface area (TPSA) is 117 Å². The fourth-order valence-corrected chi connectivity index (χ4v) is 3.07. The van der Waals surface area contributed by atoms with Crippen molar-refractivity contribution in [1.82, 2.24) is 19.9 Å². The Morgan fingerprint density at radius 1 is 1.37 bits per heavy atom. The van der Waals surface area contributed by atoms with Gasteiger partial charge < -0.3 is 16.0 Å². The van der Waals surface area contributed by atoms with Gasteiger partial charge in [-0.25, -0.2) is 15.0 Å². The molecule has 27 heavy (non-hydrogen) atoms. The summed E-state index contributed by atoms with van der Waals surface area (Å²) < 4.78 is 0. The number of pyridine rings is 1. The van der Waals surface area contributed by atoms with Crippen LogP contribution in [0.3, 0.4) is 0 Å². The van der Waals surface area contributed by atoms with Crippen molar-refractivity contribution in [3.8, 4) is 0 Å². The number of hydrogen-bond acceptors (Lipinski definition) is 7. The molecule has 1 atom stereocenters. The Hall–Kier alpha value is -3.49. The highest BCUT2D eigenvalue weighted by molar-refractivity contribution is 5.94. The maximum Gasteiger partial charge on any atom is 0.246 e. The van der Waals surface area contributed by atoms with Crippen molar-refractivity contribution in [3.05, 3.63) is 43.4 Å². The van der Waals surface area contributed by atoms with Crippen molar-refractivity contribution in [1.29, 1.82) is 0 Å². The van der Waals surface area contributed by atoms with E-state index >= 15 is 0 Å². The fourth-order valence-electron chi connectivity index (χ4n) is 3.07. The maximum atomic E-state index is 11.9. The van der Waals surface area contributed by atoms with Gasteiger partial charge in [0.05, 0.1) is 0 Å². The third kappa shape index (κ3) is 4.02. The van der Waals surface area contributed by atoms with Crippen molar-refractivity contribution in [2.24, 2.45) is 0 Å². The summed E-state index contributed by atoms with van der Waals surface area (Å²) in [4.78, 5) is 39.2. The zero-order chi connectivity index (χ0) is 19.2. The van der Waals surface area contributed by atoms with E-state index in [1.54, 1.807) is 29.3 Å². The first-order valence-corrected chi connectivity index (χ1v) is 8.58. The van der Waals surface area contributed by atoms with Gasteiger partial charge >= 0.3 is 0 Å². The number of nitrogens with two attached hydrogens (primary N) is 1. The largest absolute Gasteiger partial charge is 0.382 e. The molecule has 1 aliphatic rings. The highest BCUT2D eigenvalue weighted by Gasteiger charge is 2.25. The number of nitrogen functional groups attached to an aromatic ring is 1. The van der Waals surface area contributed by atoms with E-state index in [-0.39, 0.29) is 17.8 Å².